The first-order valence-corrected chi connectivity index (χ1v) is 6.76. The van der Waals surface area contributed by atoms with Gasteiger partial charge in [-0.2, -0.15) is 0 Å². The first-order chi connectivity index (χ1) is 7.94. The van der Waals surface area contributed by atoms with Crippen molar-refractivity contribution >= 4 is 0 Å². The summed E-state index contributed by atoms with van der Waals surface area (Å²) in [6.45, 7) is 5.63. The highest BCUT2D eigenvalue weighted by atomic mass is 16.3. The molecule has 1 rings (SSSR count). The molecule has 2 unspecified atom stereocenters. The van der Waals surface area contributed by atoms with Crippen molar-refractivity contribution in [2.24, 2.45) is 5.73 Å². The normalized spacial score (nSPS) is 25.4. The molecule has 0 aliphatic carbocycles. The molecule has 1 aliphatic heterocycles. The number of hydrogen-bond acceptors (Lipinski definition) is 4. The summed E-state index contributed by atoms with van der Waals surface area (Å²) in [6.07, 6.45) is 4.46. The second-order valence-electron chi connectivity index (χ2n) is 5.90. The van der Waals surface area contributed by atoms with Crippen LogP contribution in [0.4, 0.5) is 0 Å². The number of hydrogen-bond donors (Lipinski definition) is 2. The van der Waals surface area contributed by atoms with Crippen LogP contribution >= 0.6 is 0 Å². The van der Waals surface area contributed by atoms with Gasteiger partial charge in [0.25, 0.3) is 0 Å². The first kappa shape index (κ1) is 14.9. The van der Waals surface area contributed by atoms with E-state index in [-0.39, 0.29) is 0 Å². The van der Waals surface area contributed by atoms with E-state index in [1.54, 1.807) is 0 Å². The fraction of sp³-hybridized carbons (Fsp3) is 1.00. The van der Waals surface area contributed by atoms with Crippen LogP contribution in [0.15, 0.2) is 0 Å². The maximum atomic E-state index is 9.86. The maximum absolute atomic E-state index is 9.86. The summed E-state index contributed by atoms with van der Waals surface area (Å²) >= 11 is 0. The predicted molar refractivity (Wildman–Crippen MR) is 72.1 cm³/mol. The molecule has 1 aliphatic rings. The van der Waals surface area contributed by atoms with Gasteiger partial charge in [0.05, 0.1) is 5.60 Å². The van der Waals surface area contributed by atoms with Gasteiger partial charge < -0.3 is 15.7 Å². The summed E-state index contributed by atoms with van der Waals surface area (Å²) in [5.41, 5.74) is 4.84. The topological polar surface area (TPSA) is 52.7 Å². The Balaban J connectivity index is 2.26. The fourth-order valence-electron chi connectivity index (χ4n) is 2.58. The van der Waals surface area contributed by atoms with Crippen molar-refractivity contribution in [2.45, 2.75) is 44.2 Å². The number of nitrogens with two attached hydrogens (primary N) is 1. The maximum Gasteiger partial charge on any atom is 0.0741 e. The van der Waals surface area contributed by atoms with Crippen molar-refractivity contribution in [2.75, 3.05) is 40.3 Å². The zero-order chi connectivity index (χ0) is 12.9. The van der Waals surface area contributed by atoms with E-state index in [0.717, 1.165) is 25.9 Å². The third-order valence-electron chi connectivity index (χ3n) is 3.68. The highest BCUT2D eigenvalue weighted by Crippen LogP contribution is 2.19. The standard InChI is InChI=1S/C13H29N3O/c1-13(17,11-14)7-5-9-16-8-4-6-12(16)10-15(2)3/h12,17H,4-11,14H2,1-3H3. The van der Waals surface area contributed by atoms with E-state index in [1.807, 2.05) is 6.92 Å². The molecule has 2 atom stereocenters. The van der Waals surface area contributed by atoms with Crippen LogP contribution in [0.2, 0.25) is 0 Å². The van der Waals surface area contributed by atoms with Crippen LogP contribution in [0.1, 0.15) is 32.6 Å². The third kappa shape index (κ3) is 5.34. The highest BCUT2D eigenvalue weighted by Gasteiger charge is 2.25. The monoisotopic (exact) mass is 243 g/mol. The van der Waals surface area contributed by atoms with Gasteiger partial charge >= 0.3 is 0 Å². The quantitative estimate of drug-likeness (QED) is 0.684. The first-order valence-electron chi connectivity index (χ1n) is 6.76. The Bertz CT molecular complexity index is 219. The van der Waals surface area contributed by atoms with E-state index in [9.17, 15) is 5.11 Å². The molecule has 4 nitrogen and oxygen atoms in total. The second-order valence-corrected chi connectivity index (χ2v) is 5.90. The molecule has 102 valence electrons. The van der Waals surface area contributed by atoms with Crippen LogP contribution in [-0.4, -0.2) is 66.8 Å². The number of likely N-dealkylation sites (N-methyl/N-ethyl adjacent to an activating group) is 1. The number of aliphatic hydroxyl groups is 1. The van der Waals surface area contributed by atoms with Crippen LogP contribution in [-0.2, 0) is 0 Å². The molecule has 0 aromatic rings. The molecule has 0 bridgehead atoms. The van der Waals surface area contributed by atoms with Gasteiger partial charge in [-0.1, -0.05) is 0 Å². The summed E-state index contributed by atoms with van der Waals surface area (Å²) in [5.74, 6) is 0. The zero-order valence-corrected chi connectivity index (χ0v) is 11.7. The average Bonchev–Trinajstić information content (AvgIpc) is 2.65. The molecule has 0 saturated carbocycles. The van der Waals surface area contributed by atoms with E-state index in [2.05, 4.69) is 23.9 Å². The smallest absolute Gasteiger partial charge is 0.0741 e. The van der Waals surface area contributed by atoms with Crippen molar-refractivity contribution in [1.82, 2.24) is 9.80 Å². The Morgan fingerprint density at radius 1 is 1.47 bits per heavy atom. The Morgan fingerprint density at radius 3 is 2.76 bits per heavy atom. The van der Waals surface area contributed by atoms with Gasteiger partial charge in [-0.15, -0.1) is 0 Å². The van der Waals surface area contributed by atoms with Crippen LogP contribution < -0.4 is 5.73 Å². The molecule has 17 heavy (non-hydrogen) atoms. The lowest BCUT2D eigenvalue weighted by Crippen LogP contribution is -2.39. The molecular weight excluding hydrogens is 214 g/mol. The number of rotatable bonds is 7. The molecule has 1 fully saturated rings. The molecule has 4 heteroatoms. The Morgan fingerprint density at radius 2 is 2.18 bits per heavy atom. The largest absolute Gasteiger partial charge is 0.389 e. The van der Waals surface area contributed by atoms with E-state index in [1.165, 1.54) is 19.4 Å². The van der Waals surface area contributed by atoms with E-state index >= 15 is 0 Å². The summed E-state index contributed by atoms with van der Waals surface area (Å²) in [7, 11) is 4.27. The van der Waals surface area contributed by atoms with E-state index < -0.39 is 5.60 Å². The van der Waals surface area contributed by atoms with Gasteiger partial charge in [0.2, 0.25) is 0 Å². The second kappa shape index (κ2) is 6.69. The van der Waals surface area contributed by atoms with Crippen LogP contribution in [0.3, 0.4) is 0 Å². The minimum atomic E-state index is -0.684. The lowest BCUT2D eigenvalue weighted by Gasteiger charge is -2.28. The molecule has 0 aromatic carbocycles. The van der Waals surface area contributed by atoms with Gasteiger partial charge in [0, 0.05) is 19.1 Å². The van der Waals surface area contributed by atoms with Crippen LogP contribution in [0.25, 0.3) is 0 Å². The SMILES string of the molecule is CN(C)CC1CCCN1CCCC(C)(O)CN. The van der Waals surface area contributed by atoms with Crippen molar-refractivity contribution < 1.29 is 5.11 Å². The molecule has 0 aromatic heterocycles. The lowest BCUT2D eigenvalue weighted by molar-refractivity contribution is 0.0534. The van der Waals surface area contributed by atoms with Crippen molar-refractivity contribution in [1.29, 1.82) is 0 Å². The van der Waals surface area contributed by atoms with Gasteiger partial charge in [0.15, 0.2) is 0 Å². The third-order valence-corrected chi connectivity index (χ3v) is 3.68. The summed E-state index contributed by atoms with van der Waals surface area (Å²) in [6, 6.07) is 0.702. The Hall–Kier alpha value is -0.160. The number of likely N-dealkylation sites (tertiary alicyclic amines) is 1. The molecule has 0 amide bonds. The predicted octanol–water partition coefficient (Wildman–Crippen LogP) is 0.502. The van der Waals surface area contributed by atoms with Gasteiger partial charge in [-0.05, 0) is 59.8 Å². The fourth-order valence-corrected chi connectivity index (χ4v) is 2.58. The lowest BCUT2D eigenvalue weighted by atomic mass is 10.0. The van der Waals surface area contributed by atoms with Crippen molar-refractivity contribution in [3.8, 4) is 0 Å². The summed E-state index contributed by atoms with van der Waals surface area (Å²) in [5, 5.41) is 9.86. The molecule has 0 spiro atoms. The molecule has 0 radical (unpaired) electrons. The molecule has 3 N–H and O–H groups in total. The van der Waals surface area contributed by atoms with Gasteiger partial charge in [-0.25, -0.2) is 0 Å². The number of nitrogens with zero attached hydrogens (tertiary/aromatic N) is 2. The van der Waals surface area contributed by atoms with Gasteiger partial charge in [0.1, 0.15) is 0 Å². The Labute approximate surface area is 106 Å². The van der Waals surface area contributed by atoms with Crippen molar-refractivity contribution in [3.05, 3.63) is 0 Å². The van der Waals surface area contributed by atoms with Gasteiger partial charge in [-0.3, -0.25) is 4.90 Å². The van der Waals surface area contributed by atoms with E-state index in [0.29, 0.717) is 12.6 Å². The minimum absolute atomic E-state index is 0.355. The zero-order valence-electron chi connectivity index (χ0n) is 11.7. The van der Waals surface area contributed by atoms with Crippen LogP contribution in [0.5, 0.6) is 0 Å². The average molecular weight is 243 g/mol. The summed E-state index contributed by atoms with van der Waals surface area (Å²) < 4.78 is 0. The van der Waals surface area contributed by atoms with Crippen LogP contribution in [0, 0.1) is 0 Å². The molecule has 1 heterocycles. The minimum Gasteiger partial charge on any atom is -0.389 e. The van der Waals surface area contributed by atoms with Crippen molar-refractivity contribution in [3.63, 3.8) is 0 Å². The Kier molecular flexibility index (Phi) is 5.86. The highest BCUT2D eigenvalue weighted by molar-refractivity contribution is 4.82. The molecule has 1 saturated heterocycles. The molecular formula is C13H29N3O. The van der Waals surface area contributed by atoms with E-state index in [4.69, 9.17) is 5.73 Å². The summed E-state index contributed by atoms with van der Waals surface area (Å²) in [4.78, 5) is 4.83.